The van der Waals surface area contributed by atoms with Crippen LogP contribution < -0.4 is 11.1 Å². The first-order chi connectivity index (χ1) is 8.10. The highest BCUT2D eigenvalue weighted by Crippen LogP contribution is 2.24. The third-order valence-electron chi connectivity index (χ3n) is 3.04. The second kappa shape index (κ2) is 6.56. The van der Waals surface area contributed by atoms with Crippen LogP contribution in [0.15, 0.2) is 0 Å². The van der Waals surface area contributed by atoms with Gasteiger partial charge in [-0.3, -0.25) is 4.79 Å². The number of amides is 1. The van der Waals surface area contributed by atoms with E-state index in [4.69, 9.17) is 10.8 Å². The Labute approximate surface area is 101 Å². The molecule has 1 fully saturated rings. The number of nitrogens with two attached hydrogens (primary N) is 1. The molecule has 0 heterocycles. The summed E-state index contributed by atoms with van der Waals surface area (Å²) in [6, 6.07) is -1.37. The number of aliphatic hydroxyl groups excluding tert-OH is 1. The Bertz CT molecular complexity index is 283. The first-order valence-corrected chi connectivity index (χ1v) is 5.93. The summed E-state index contributed by atoms with van der Waals surface area (Å²) in [7, 11) is 0. The monoisotopic (exact) mass is 244 g/mol. The topological polar surface area (TPSA) is 102 Å². The molecule has 0 spiro atoms. The van der Waals surface area contributed by atoms with Crippen molar-refractivity contribution in [2.24, 2.45) is 11.7 Å². The minimum atomic E-state index is -1.28. The van der Waals surface area contributed by atoms with Crippen LogP contribution in [0.2, 0.25) is 0 Å². The van der Waals surface area contributed by atoms with Gasteiger partial charge in [0.25, 0.3) is 0 Å². The molecular formula is C11H20N2O4. The number of hydrogen-bond donors (Lipinski definition) is 3. The number of hydrogen-bond acceptors (Lipinski definition) is 5. The molecule has 0 aromatic rings. The molecule has 1 rings (SSSR count). The quantitative estimate of drug-likeness (QED) is 0.432. The van der Waals surface area contributed by atoms with Crippen LogP contribution in [0, 0.1) is 5.92 Å². The van der Waals surface area contributed by atoms with E-state index in [-0.39, 0.29) is 25.2 Å². The fourth-order valence-corrected chi connectivity index (χ4v) is 2.06. The van der Waals surface area contributed by atoms with Gasteiger partial charge in [0, 0.05) is 18.6 Å². The molecule has 0 bridgehead atoms. The van der Waals surface area contributed by atoms with Crippen LogP contribution in [0.1, 0.15) is 26.2 Å². The summed E-state index contributed by atoms with van der Waals surface area (Å²) in [4.78, 5) is 22.9. The lowest BCUT2D eigenvalue weighted by atomic mass is 10.0. The van der Waals surface area contributed by atoms with Crippen molar-refractivity contribution in [3.05, 3.63) is 0 Å². The Kier molecular flexibility index (Phi) is 5.37. The molecule has 3 unspecified atom stereocenters. The molecule has 98 valence electrons. The van der Waals surface area contributed by atoms with Crippen molar-refractivity contribution in [2.45, 2.75) is 38.3 Å². The molecule has 4 N–H and O–H groups in total. The Balaban J connectivity index is 2.45. The highest BCUT2D eigenvalue weighted by molar-refractivity contribution is 6.01. The number of carbonyl (C=O) groups is 2. The molecule has 1 aliphatic rings. The summed E-state index contributed by atoms with van der Waals surface area (Å²) in [6.07, 6.45) is 2.66. The largest absolute Gasteiger partial charge is 0.464 e. The summed E-state index contributed by atoms with van der Waals surface area (Å²) < 4.78 is 4.67. The Morgan fingerprint density at radius 2 is 2.24 bits per heavy atom. The zero-order chi connectivity index (χ0) is 12.8. The number of carbonyl (C=O) groups excluding carboxylic acids is 2. The molecule has 6 nitrogen and oxygen atoms in total. The second-order valence-electron chi connectivity index (χ2n) is 4.22. The van der Waals surface area contributed by atoms with Crippen molar-refractivity contribution in [1.82, 2.24) is 5.32 Å². The van der Waals surface area contributed by atoms with Crippen molar-refractivity contribution < 1.29 is 19.4 Å². The molecule has 0 radical (unpaired) electrons. The maximum Gasteiger partial charge on any atom is 0.332 e. The van der Waals surface area contributed by atoms with Gasteiger partial charge in [0.05, 0.1) is 6.61 Å². The fraction of sp³-hybridized carbons (Fsp3) is 0.818. The molecule has 1 aliphatic carbocycles. The van der Waals surface area contributed by atoms with E-state index in [0.29, 0.717) is 0 Å². The molecule has 17 heavy (non-hydrogen) atoms. The summed E-state index contributed by atoms with van der Waals surface area (Å²) in [6.45, 7) is 1.89. The van der Waals surface area contributed by atoms with Gasteiger partial charge in [0.15, 0.2) is 6.04 Å². The van der Waals surface area contributed by atoms with Crippen molar-refractivity contribution >= 4 is 11.9 Å². The van der Waals surface area contributed by atoms with E-state index in [0.717, 1.165) is 19.3 Å². The summed E-state index contributed by atoms with van der Waals surface area (Å²) >= 11 is 0. The van der Waals surface area contributed by atoms with Crippen LogP contribution >= 0.6 is 0 Å². The van der Waals surface area contributed by atoms with Crippen molar-refractivity contribution in [2.75, 3.05) is 13.2 Å². The average molecular weight is 244 g/mol. The van der Waals surface area contributed by atoms with Gasteiger partial charge in [0.1, 0.15) is 0 Å². The number of aliphatic hydroxyl groups is 1. The SMILES string of the molecule is CCOC(=O)C(N)C(=O)NC1CCCC1CO. The van der Waals surface area contributed by atoms with Gasteiger partial charge in [-0.2, -0.15) is 0 Å². The van der Waals surface area contributed by atoms with Crippen molar-refractivity contribution in [3.8, 4) is 0 Å². The zero-order valence-electron chi connectivity index (χ0n) is 10.0. The third kappa shape index (κ3) is 3.67. The third-order valence-corrected chi connectivity index (χ3v) is 3.04. The van der Waals surface area contributed by atoms with E-state index in [1.165, 1.54) is 0 Å². The lowest BCUT2D eigenvalue weighted by Gasteiger charge is -2.20. The molecule has 1 saturated carbocycles. The van der Waals surface area contributed by atoms with E-state index < -0.39 is 17.9 Å². The summed E-state index contributed by atoms with van der Waals surface area (Å²) in [5.74, 6) is -1.19. The molecular weight excluding hydrogens is 224 g/mol. The summed E-state index contributed by atoms with van der Waals surface area (Å²) in [5.41, 5.74) is 5.46. The van der Waals surface area contributed by atoms with Gasteiger partial charge < -0.3 is 20.9 Å². The van der Waals surface area contributed by atoms with Crippen LogP contribution in [-0.4, -0.2) is 42.3 Å². The minimum absolute atomic E-state index is 0.0413. The molecule has 0 saturated heterocycles. The first kappa shape index (κ1) is 13.9. The number of ether oxygens (including phenoxy) is 1. The molecule has 3 atom stereocenters. The van der Waals surface area contributed by atoms with Gasteiger partial charge >= 0.3 is 5.97 Å². The highest BCUT2D eigenvalue weighted by Gasteiger charge is 2.31. The van der Waals surface area contributed by atoms with Crippen LogP contribution in [0.3, 0.4) is 0 Å². The van der Waals surface area contributed by atoms with Crippen LogP contribution in [0.5, 0.6) is 0 Å². The minimum Gasteiger partial charge on any atom is -0.464 e. The maximum atomic E-state index is 11.7. The Morgan fingerprint density at radius 1 is 1.53 bits per heavy atom. The van der Waals surface area contributed by atoms with E-state index in [2.05, 4.69) is 10.1 Å². The highest BCUT2D eigenvalue weighted by atomic mass is 16.5. The molecule has 0 aromatic heterocycles. The van der Waals surface area contributed by atoms with Crippen LogP contribution in [0.4, 0.5) is 0 Å². The maximum absolute atomic E-state index is 11.7. The number of rotatable bonds is 5. The number of esters is 1. The van der Waals surface area contributed by atoms with Gasteiger partial charge in [-0.1, -0.05) is 6.42 Å². The number of nitrogens with one attached hydrogen (secondary N) is 1. The predicted octanol–water partition coefficient (Wildman–Crippen LogP) is -0.846. The zero-order valence-corrected chi connectivity index (χ0v) is 10.0. The normalized spacial score (nSPS) is 25.4. The van der Waals surface area contributed by atoms with E-state index in [1.54, 1.807) is 6.92 Å². The summed E-state index contributed by atoms with van der Waals surface area (Å²) in [5, 5.41) is 11.8. The average Bonchev–Trinajstić information content (AvgIpc) is 2.75. The second-order valence-corrected chi connectivity index (χ2v) is 4.22. The smallest absolute Gasteiger partial charge is 0.332 e. The molecule has 1 amide bonds. The van der Waals surface area contributed by atoms with Crippen LogP contribution in [-0.2, 0) is 14.3 Å². The Morgan fingerprint density at radius 3 is 2.82 bits per heavy atom. The Hall–Kier alpha value is -1.14. The van der Waals surface area contributed by atoms with Gasteiger partial charge in [0.2, 0.25) is 5.91 Å². The fourth-order valence-electron chi connectivity index (χ4n) is 2.06. The molecule has 6 heteroatoms. The standard InChI is InChI=1S/C11H20N2O4/c1-2-17-11(16)9(12)10(15)13-8-5-3-4-7(8)6-14/h7-9,14H,2-6,12H2,1H3,(H,13,15). The van der Waals surface area contributed by atoms with Gasteiger partial charge in [-0.15, -0.1) is 0 Å². The lowest BCUT2D eigenvalue weighted by Crippen LogP contribution is -2.51. The van der Waals surface area contributed by atoms with Crippen molar-refractivity contribution in [3.63, 3.8) is 0 Å². The van der Waals surface area contributed by atoms with E-state index in [9.17, 15) is 9.59 Å². The van der Waals surface area contributed by atoms with Crippen molar-refractivity contribution in [1.29, 1.82) is 0 Å². The van der Waals surface area contributed by atoms with Crippen LogP contribution in [0.25, 0.3) is 0 Å². The van der Waals surface area contributed by atoms with Gasteiger partial charge in [-0.25, -0.2) is 4.79 Å². The van der Waals surface area contributed by atoms with Gasteiger partial charge in [-0.05, 0) is 19.8 Å². The van der Waals surface area contributed by atoms with E-state index in [1.807, 2.05) is 0 Å². The first-order valence-electron chi connectivity index (χ1n) is 5.93. The molecule has 0 aliphatic heterocycles. The predicted molar refractivity (Wildman–Crippen MR) is 61.0 cm³/mol. The lowest BCUT2D eigenvalue weighted by molar-refractivity contribution is -0.148. The molecule has 0 aromatic carbocycles. The van der Waals surface area contributed by atoms with E-state index >= 15 is 0 Å².